The van der Waals surface area contributed by atoms with Gasteiger partial charge in [-0.2, -0.15) is 5.10 Å². The molecular formula is C17H10Cl2F2N6. The number of nitrogens with one attached hydrogen (secondary N) is 1. The fourth-order valence-electron chi connectivity index (χ4n) is 2.59. The minimum atomic E-state index is -0.623. The average molecular weight is 407 g/mol. The molecule has 0 aliphatic heterocycles. The maximum Gasteiger partial charge on any atom is 0.169 e. The molecule has 0 spiro atoms. The number of benzene rings is 1. The Morgan fingerprint density at radius 3 is 2.48 bits per heavy atom. The van der Waals surface area contributed by atoms with E-state index in [-0.39, 0.29) is 21.2 Å². The second kappa shape index (κ2) is 6.71. The molecule has 0 amide bonds. The van der Waals surface area contributed by atoms with Gasteiger partial charge in [-0.3, -0.25) is 0 Å². The summed E-state index contributed by atoms with van der Waals surface area (Å²) in [5.74, 6) is -0.374. The summed E-state index contributed by atoms with van der Waals surface area (Å²) in [6, 6.07) is 3.92. The number of fused-ring (bicyclic) bond motifs is 1. The summed E-state index contributed by atoms with van der Waals surface area (Å²) in [6.45, 7) is 1.82. The number of rotatable bonds is 3. The highest BCUT2D eigenvalue weighted by molar-refractivity contribution is 6.37. The third kappa shape index (κ3) is 3.29. The zero-order chi connectivity index (χ0) is 19.1. The van der Waals surface area contributed by atoms with Crippen molar-refractivity contribution in [1.82, 2.24) is 24.7 Å². The molecule has 0 bridgehead atoms. The topological polar surface area (TPSA) is 68.5 Å². The Morgan fingerprint density at radius 1 is 1.04 bits per heavy atom. The van der Waals surface area contributed by atoms with Crippen molar-refractivity contribution in [3.63, 3.8) is 0 Å². The van der Waals surface area contributed by atoms with Gasteiger partial charge in [-0.05, 0) is 19.1 Å². The van der Waals surface area contributed by atoms with Gasteiger partial charge in [0.15, 0.2) is 5.82 Å². The summed E-state index contributed by atoms with van der Waals surface area (Å²) in [4.78, 5) is 12.2. The normalized spacial score (nSPS) is 11.1. The van der Waals surface area contributed by atoms with E-state index in [1.165, 1.54) is 17.2 Å². The van der Waals surface area contributed by atoms with Crippen molar-refractivity contribution < 1.29 is 8.78 Å². The quantitative estimate of drug-likeness (QED) is 0.526. The summed E-state index contributed by atoms with van der Waals surface area (Å²) in [5, 5.41) is 7.67. The smallest absolute Gasteiger partial charge is 0.169 e. The molecular weight excluding hydrogens is 397 g/mol. The lowest BCUT2D eigenvalue weighted by atomic mass is 10.3. The van der Waals surface area contributed by atoms with Crippen LogP contribution in [0.4, 0.5) is 20.4 Å². The Bertz CT molecular complexity index is 1150. The number of hydrogen-bond acceptors (Lipinski definition) is 5. The van der Waals surface area contributed by atoms with Crippen LogP contribution in [0, 0.1) is 18.6 Å². The highest BCUT2D eigenvalue weighted by Crippen LogP contribution is 2.32. The van der Waals surface area contributed by atoms with Crippen LogP contribution < -0.4 is 5.32 Å². The number of nitrogens with zero attached hydrogens (tertiary/aromatic N) is 5. The second-order valence-electron chi connectivity index (χ2n) is 5.68. The Labute approximate surface area is 161 Å². The van der Waals surface area contributed by atoms with Gasteiger partial charge in [-0.15, -0.1) is 0 Å². The molecule has 0 radical (unpaired) electrons. The van der Waals surface area contributed by atoms with Gasteiger partial charge in [-0.1, -0.05) is 23.2 Å². The van der Waals surface area contributed by atoms with E-state index in [2.05, 4.69) is 25.4 Å². The largest absolute Gasteiger partial charge is 0.324 e. The molecule has 136 valence electrons. The van der Waals surface area contributed by atoms with Crippen LogP contribution in [-0.4, -0.2) is 24.7 Å². The monoisotopic (exact) mass is 406 g/mol. The molecule has 0 atom stereocenters. The van der Waals surface area contributed by atoms with Gasteiger partial charge < -0.3 is 5.32 Å². The molecule has 0 aliphatic carbocycles. The first-order valence-electron chi connectivity index (χ1n) is 7.67. The van der Waals surface area contributed by atoms with Crippen molar-refractivity contribution in [2.75, 3.05) is 5.32 Å². The molecule has 0 unspecified atom stereocenters. The van der Waals surface area contributed by atoms with Gasteiger partial charge in [0.1, 0.15) is 35.0 Å². The van der Waals surface area contributed by atoms with Crippen LogP contribution in [-0.2, 0) is 0 Å². The van der Waals surface area contributed by atoms with Crippen molar-refractivity contribution >= 4 is 45.7 Å². The number of aryl methyl sites for hydroxylation is 1. The Morgan fingerprint density at radius 2 is 1.78 bits per heavy atom. The molecule has 4 rings (SSSR count). The lowest BCUT2D eigenvalue weighted by molar-refractivity contribution is 0.625. The average Bonchev–Trinajstić information content (AvgIpc) is 3.02. The van der Waals surface area contributed by atoms with E-state index in [1.807, 2.05) is 6.92 Å². The molecule has 6 nitrogen and oxygen atoms in total. The predicted molar refractivity (Wildman–Crippen MR) is 98.9 cm³/mol. The van der Waals surface area contributed by atoms with E-state index in [0.717, 1.165) is 24.0 Å². The summed E-state index contributed by atoms with van der Waals surface area (Å²) in [6.07, 6.45) is 3.95. The van der Waals surface area contributed by atoms with E-state index in [0.29, 0.717) is 17.0 Å². The summed E-state index contributed by atoms with van der Waals surface area (Å²) in [5.41, 5.74) is 1.04. The van der Waals surface area contributed by atoms with Crippen LogP contribution in [0.15, 0.2) is 36.9 Å². The Hall–Kier alpha value is -2.84. The van der Waals surface area contributed by atoms with Crippen molar-refractivity contribution in [2.45, 2.75) is 6.92 Å². The highest BCUT2D eigenvalue weighted by Gasteiger charge is 2.17. The van der Waals surface area contributed by atoms with E-state index in [4.69, 9.17) is 23.2 Å². The van der Waals surface area contributed by atoms with Gasteiger partial charge in [-0.25, -0.2) is 28.4 Å². The van der Waals surface area contributed by atoms with Gasteiger partial charge in [0.25, 0.3) is 0 Å². The standard InChI is InChI=1S/C17H10Cl2F2N6/c1-8-2-14(24-7-23-8)25-17-10-6-27(26-15(10)13(21)5-22-17)16-11(18)3-9(20)4-12(16)19/h2-7H,1H3,(H,22,23,24,25). The number of pyridine rings is 1. The maximum atomic E-state index is 14.2. The number of aromatic nitrogens is 5. The lowest BCUT2D eigenvalue weighted by Crippen LogP contribution is -1.98. The maximum absolute atomic E-state index is 14.2. The zero-order valence-corrected chi connectivity index (χ0v) is 15.2. The third-order valence-electron chi connectivity index (χ3n) is 3.76. The Kier molecular flexibility index (Phi) is 4.37. The first-order valence-corrected chi connectivity index (χ1v) is 8.42. The first-order chi connectivity index (χ1) is 12.9. The minimum absolute atomic E-state index is 0.0436. The highest BCUT2D eigenvalue weighted by atomic mass is 35.5. The van der Waals surface area contributed by atoms with Crippen molar-refractivity contribution in [3.05, 3.63) is 64.3 Å². The molecule has 3 heterocycles. The van der Waals surface area contributed by atoms with E-state index < -0.39 is 11.6 Å². The van der Waals surface area contributed by atoms with Gasteiger partial charge in [0.2, 0.25) is 0 Å². The molecule has 3 aromatic heterocycles. The van der Waals surface area contributed by atoms with Crippen molar-refractivity contribution in [2.24, 2.45) is 0 Å². The summed E-state index contributed by atoms with van der Waals surface area (Å²) >= 11 is 12.2. The summed E-state index contributed by atoms with van der Waals surface area (Å²) < 4.78 is 29.0. The van der Waals surface area contributed by atoms with Crippen LogP contribution in [0.3, 0.4) is 0 Å². The molecule has 27 heavy (non-hydrogen) atoms. The van der Waals surface area contributed by atoms with Crippen LogP contribution in [0.5, 0.6) is 0 Å². The molecule has 0 fully saturated rings. The molecule has 4 aromatic rings. The van der Waals surface area contributed by atoms with Crippen molar-refractivity contribution in [1.29, 1.82) is 0 Å². The minimum Gasteiger partial charge on any atom is -0.324 e. The predicted octanol–water partition coefficient (Wildman–Crippen LogP) is 4.85. The van der Waals surface area contributed by atoms with Gasteiger partial charge in [0, 0.05) is 18.0 Å². The van der Waals surface area contributed by atoms with Crippen molar-refractivity contribution in [3.8, 4) is 5.69 Å². The third-order valence-corrected chi connectivity index (χ3v) is 4.34. The molecule has 1 N–H and O–H groups in total. The van der Waals surface area contributed by atoms with E-state index in [9.17, 15) is 8.78 Å². The lowest BCUT2D eigenvalue weighted by Gasteiger charge is -2.07. The number of halogens is 4. The van der Waals surface area contributed by atoms with Crippen LogP contribution >= 0.6 is 23.2 Å². The zero-order valence-electron chi connectivity index (χ0n) is 13.7. The van der Waals surface area contributed by atoms with Gasteiger partial charge >= 0.3 is 0 Å². The SMILES string of the molecule is Cc1cc(Nc2ncc(F)c3nn(-c4c(Cl)cc(F)cc4Cl)cc23)ncn1. The molecule has 0 aliphatic rings. The van der Waals surface area contributed by atoms with Crippen LogP contribution in [0.2, 0.25) is 10.0 Å². The van der Waals surface area contributed by atoms with Crippen LogP contribution in [0.1, 0.15) is 5.69 Å². The fourth-order valence-corrected chi connectivity index (χ4v) is 3.22. The molecule has 0 saturated carbocycles. The first kappa shape index (κ1) is 17.6. The molecule has 10 heteroatoms. The van der Waals surface area contributed by atoms with Crippen LogP contribution in [0.25, 0.3) is 16.6 Å². The second-order valence-corrected chi connectivity index (χ2v) is 6.49. The number of anilines is 2. The number of hydrogen-bond donors (Lipinski definition) is 1. The van der Waals surface area contributed by atoms with E-state index in [1.54, 1.807) is 6.07 Å². The fraction of sp³-hybridized carbons (Fsp3) is 0.0588. The molecule has 1 aromatic carbocycles. The molecule has 0 saturated heterocycles. The van der Waals surface area contributed by atoms with Gasteiger partial charge in [0.05, 0.1) is 21.6 Å². The summed E-state index contributed by atoms with van der Waals surface area (Å²) in [7, 11) is 0. The van der Waals surface area contributed by atoms with E-state index >= 15 is 0 Å². The Balaban J connectivity index is 1.86.